The average molecular weight is 304 g/mol. The average Bonchev–Trinajstić information content (AvgIpc) is 2.38. The van der Waals surface area contributed by atoms with Gasteiger partial charge in [-0.15, -0.1) is 13.2 Å². The number of hydrogen-bond donors (Lipinski definition) is 2. The lowest BCUT2D eigenvalue weighted by Crippen LogP contribution is -2.36. The highest BCUT2D eigenvalue weighted by Gasteiger charge is 2.32. The van der Waals surface area contributed by atoms with Crippen molar-refractivity contribution in [2.75, 3.05) is 5.73 Å². The Balaban J connectivity index is 2.81. The zero-order chi connectivity index (χ0) is 16.2. The maximum Gasteiger partial charge on any atom is 0.573 e. The van der Waals surface area contributed by atoms with Gasteiger partial charge in [-0.3, -0.25) is 4.79 Å². The van der Waals surface area contributed by atoms with Gasteiger partial charge in [-0.1, -0.05) is 20.3 Å². The van der Waals surface area contributed by atoms with Crippen molar-refractivity contribution in [2.45, 2.75) is 39.6 Å². The Labute approximate surface area is 121 Å². The molecule has 3 N–H and O–H groups in total. The third kappa shape index (κ3) is 5.17. The van der Waals surface area contributed by atoms with Crippen LogP contribution in [0.25, 0.3) is 0 Å². The van der Waals surface area contributed by atoms with Gasteiger partial charge in [0.15, 0.2) is 5.75 Å². The Kier molecular flexibility index (Phi) is 5.46. The van der Waals surface area contributed by atoms with Gasteiger partial charge in [0.2, 0.25) is 0 Å². The third-order valence-corrected chi connectivity index (χ3v) is 3.35. The summed E-state index contributed by atoms with van der Waals surface area (Å²) in [6.07, 6.45) is -3.91. The standard InChI is InChI=1S/C14H19F3N2O2/c1-4-8(2)9(3)19-13(20)10-5-6-12(11(18)7-10)21-14(15,16)17/h5-9H,4,18H2,1-3H3,(H,19,20). The molecular formula is C14H19F3N2O2. The lowest BCUT2D eigenvalue weighted by atomic mass is 10.0. The number of carbonyl (C=O) groups excluding carboxylic acids is 1. The van der Waals surface area contributed by atoms with Crippen molar-refractivity contribution in [3.05, 3.63) is 23.8 Å². The van der Waals surface area contributed by atoms with Crippen molar-refractivity contribution in [2.24, 2.45) is 5.92 Å². The Hall–Kier alpha value is -1.92. The monoisotopic (exact) mass is 304 g/mol. The fourth-order valence-electron chi connectivity index (χ4n) is 1.69. The summed E-state index contributed by atoms with van der Waals surface area (Å²) < 4.78 is 40.1. The maximum absolute atomic E-state index is 12.1. The van der Waals surface area contributed by atoms with E-state index in [4.69, 9.17) is 5.73 Å². The van der Waals surface area contributed by atoms with Gasteiger partial charge in [0.1, 0.15) is 0 Å². The number of ether oxygens (including phenoxy) is 1. The van der Waals surface area contributed by atoms with E-state index < -0.39 is 12.1 Å². The summed E-state index contributed by atoms with van der Waals surface area (Å²) in [7, 11) is 0. The van der Waals surface area contributed by atoms with E-state index in [9.17, 15) is 18.0 Å². The first-order valence-corrected chi connectivity index (χ1v) is 6.60. The predicted octanol–water partition coefficient (Wildman–Crippen LogP) is 3.33. The minimum atomic E-state index is -4.82. The van der Waals surface area contributed by atoms with Crippen LogP contribution in [0.1, 0.15) is 37.6 Å². The van der Waals surface area contributed by atoms with E-state index in [0.717, 1.165) is 12.5 Å². The molecule has 0 saturated carbocycles. The Morgan fingerprint density at radius 2 is 2.00 bits per heavy atom. The van der Waals surface area contributed by atoms with Crippen molar-refractivity contribution < 1.29 is 22.7 Å². The lowest BCUT2D eigenvalue weighted by Gasteiger charge is -2.20. The molecule has 4 nitrogen and oxygen atoms in total. The van der Waals surface area contributed by atoms with Crippen LogP contribution < -0.4 is 15.8 Å². The van der Waals surface area contributed by atoms with E-state index >= 15 is 0 Å². The van der Waals surface area contributed by atoms with Gasteiger partial charge in [-0.25, -0.2) is 0 Å². The Morgan fingerprint density at radius 3 is 2.48 bits per heavy atom. The largest absolute Gasteiger partial charge is 0.573 e. The van der Waals surface area contributed by atoms with Crippen molar-refractivity contribution in [3.8, 4) is 5.75 Å². The summed E-state index contributed by atoms with van der Waals surface area (Å²) in [5.41, 5.74) is 5.43. The van der Waals surface area contributed by atoms with Gasteiger partial charge in [0, 0.05) is 11.6 Å². The molecule has 0 aliphatic rings. The number of carbonyl (C=O) groups is 1. The van der Waals surface area contributed by atoms with Crippen LogP contribution in [0.5, 0.6) is 5.75 Å². The van der Waals surface area contributed by atoms with Crippen LogP contribution in [-0.4, -0.2) is 18.3 Å². The number of nitrogens with one attached hydrogen (secondary N) is 1. The minimum absolute atomic E-state index is 0.0465. The van der Waals surface area contributed by atoms with Gasteiger partial charge >= 0.3 is 6.36 Å². The van der Waals surface area contributed by atoms with E-state index in [1.54, 1.807) is 0 Å². The van der Waals surface area contributed by atoms with Gasteiger partial charge in [0.25, 0.3) is 5.91 Å². The molecule has 0 aliphatic heterocycles. The zero-order valence-electron chi connectivity index (χ0n) is 12.1. The number of nitrogens with two attached hydrogens (primary N) is 1. The van der Waals surface area contributed by atoms with E-state index in [0.29, 0.717) is 5.92 Å². The van der Waals surface area contributed by atoms with E-state index in [1.807, 2.05) is 20.8 Å². The molecule has 0 aliphatic carbocycles. The van der Waals surface area contributed by atoms with Gasteiger partial charge < -0.3 is 15.8 Å². The van der Waals surface area contributed by atoms with Crippen LogP contribution in [0, 0.1) is 5.92 Å². The molecule has 0 bridgehead atoms. The molecule has 0 aromatic heterocycles. The van der Waals surface area contributed by atoms with Crippen molar-refractivity contribution >= 4 is 11.6 Å². The topological polar surface area (TPSA) is 64.3 Å². The number of alkyl halides is 3. The van der Waals surface area contributed by atoms with Gasteiger partial charge in [-0.2, -0.15) is 0 Å². The summed E-state index contributed by atoms with van der Waals surface area (Å²) in [6, 6.07) is 3.40. The molecule has 0 saturated heterocycles. The second kappa shape index (κ2) is 6.69. The summed E-state index contributed by atoms with van der Waals surface area (Å²) in [6.45, 7) is 5.88. The van der Waals surface area contributed by atoms with E-state index in [1.165, 1.54) is 12.1 Å². The smallest absolute Gasteiger partial charge is 0.404 e. The lowest BCUT2D eigenvalue weighted by molar-refractivity contribution is -0.274. The normalized spacial score (nSPS) is 14.4. The van der Waals surface area contributed by atoms with E-state index in [2.05, 4.69) is 10.1 Å². The minimum Gasteiger partial charge on any atom is -0.404 e. The predicted molar refractivity (Wildman–Crippen MR) is 73.9 cm³/mol. The Bertz CT molecular complexity index is 503. The van der Waals surface area contributed by atoms with Crippen LogP contribution in [0.4, 0.5) is 18.9 Å². The number of nitrogen functional groups attached to an aromatic ring is 1. The summed E-state index contributed by atoms with van der Waals surface area (Å²) in [5, 5.41) is 2.78. The van der Waals surface area contributed by atoms with Crippen molar-refractivity contribution in [3.63, 3.8) is 0 Å². The highest BCUT2D eigenvalue weighted by atomic mass is 19.4. The third-order valence-electron chi connectivity index (χ3n) is 3.35. The molecule has 118 valence electrons. The molecule has 7 heteroatoms. The molecule has 0 radical (unpaired) electrons. The number of anilines is 1. The van der Waals surface area contributed by atoms with Crippen molar-refractivity contribution in [1.82, 2.24) is 5.32 Å². The van der Waals surface area contributed by atoms with E-state index in [-0.39, 0.29) is 23.2 Å². The Morgan fingerprint density at radius 1 is 1.38 bits per heavy atom. The number of rotatable bonds is 5. The molecule has 0 spiro atoms. The highest BCUT2D eigenvalue weighted by Crippen LogP contribution is 2.29. The molecule has 1 rings (SSSR count). The molecule has 1 aromatic carbocycles. The fourth-order valence-corrected chi connectivity index (χ4v) is 1.69. The van der Waals surface area contributed by atoms with Crippen LogP contribution in [-0.2, 0) is 0 Å². The summed E-state index contributed by atoms with van der Waals surface area (Å²) >= 11 is 0. The summed E-state index contributed by atoms with van der Waals surface area (Å²) in [4.78, 5) is 12.0. The number of halogens is 3. The fraction of sp³-hybridized carbons (Fsp3) is 0.500. The number of benzene rings is 1. The molecule has 1 aromatic rings. The first kappa shape index (κ1) is 17.1. The number of amides is 1. The molecule has 0 fully saturated rings. The van der Waals surface area contributed by atoms with Crippen LogP contribution in [0.3, 0.4) is 0 Å². The molecular weight excluding hydrogens is 285 g/mol. The molecule has 1 amide bonds. The van der Waals surface area contributed by atoms with Gasteiger partial charge in [0.05, 0.1) is 5.69 Å². The first-order valence-electron chi connectivity index (χ1n) is 6.60. The maximum atomic E-state index is 12.1. The molecule has 21 heavy (non-hydrogen) atoms. The van der Waals surface area contributed by atoms with Gasteiger partial charge in [-0.05, 0) is 31.0 Å². The first-order chi connectivity index (χ1) is 9.64. The number of hydrogen-bond acceptors (Lipinski definition) is 3. The molecule has 0 heterocycles. The molecule has 2 unspecified atom stereocenters. The molecule has 2 atom stereocenters. The summed E-state index contributed by atoms with van der Waals surface area (Å²) in [5.74, 6) is -0.610. The van der Waals surface area contributed by atoms with Crippen molar-refractivity contribution in [1.29, 1.82) is 0 Å². The second-order valence-electron chi connectivity index (χ2n) is 4.95. The van der Waals surface area contributed by atoms with Crippen LogP contribution >= 0.6 is 0 Å². The quantitative estimate of drug-likeness (QED) is 0.820. The second-order valence-corrected chi connectivity index (χ2v) is 4.95. The van der Waals surface area contributed by atoms with Crippen LogP contribution in [0.15, 0.2) is 18.2 Å². The van der Waals surface area contributed by atoms with Crippen LogP contribution in [0.2, 0.25) is 0 Å². The zero-order valence-corrected chi connectivity index (χ0v) is 12.1. The highest BCUT2D eigenvalue weighted by molar-refractivity contribution is 5.95. The SMILES string of the molecule is CCC(C)C(C)NC(=O)c1ccc(OC(F)(F)F)c(N)c1.